The largest absolute Gasteiger partial charge is 0.395 e. The Morgan fingerprint density at radius 3 is 2.79 bits per heavy atom. The number of hydrogen-bond acceptors (Lipinski definition) is 4. The molecule has 6 heteroatoms. The van der Waals surface area contributed by atoms with Crippen molar-refractivity contribution in [3.05, 3.63) is 65.7 Å². The van der Waals surface area contributed by atoms with Gasteiger partial charge >= 0.3 is 0 Å². The Kier molecular flexibility index (Phi) is 6.84. The van der Waals surface area contributed by atoms with Crippen LogP contribution in [0.3, 0.4) is 0 Å². The van der Waals surface area contributed by atoms with E-state index in [1.807, 2.05) is 17.0 Å². The Hall–Kier alpha value is -2.31. The Morgan fingerprint density at radius 2 is 2.12 bits per heavy atom. The molecule has 2 aromatic rings. The van der Waals surface area contributed by atoms with Gasteiger partial charge in [0.15, 0.2) is 0 Å². The number of carbonyl (C=O) groups is 1. The van der Waals surface area contributed by atoms with Crippen molar-refractivity contribution in [2.75, 3.05) is 13.2 Å². The van der Waals surface area contributed by atoms with Gasteiger partial charge in [-0.2, -0.15) is 0 Å². The van der Waals surface area contributed by atoms with Gasteiger partial charge in [0.2, 0.25) is 5.91 Å². The van der Waals surface area contributed by atoms with Crippen molar-refractivity contribution < 1.29 is 14.3 Å². The number of aliphatic hydroxyl groups is 1. The highest BCUT2D eigenvalue weighted by Crippen LogP contribution is 2.09. The lowest BCUT2D eigenvalue weighted by Crippen LogP contribution is -2.45. The Morgan fingerprint density at radius 1 is 1.33 bits per heavy atom. The van der Waals surface area contributed by atoms with Gasteiger partial charge in [0.05, 0.1) is 12.6 Å². The number of aromatic nitrogens is 1. The van der Waals surface area contributed by atoms with Gasteiger partial charge in [-0.3, -0.25) is 14.7 Å². The third-order valence-corrected chi connectivity index (χ3v) is 3.83. The van der Waals surface area contributed by atoms with Gasteiger partial charge in [0.1, 0.15) is 5.82 Å². The van der Waals surface area contributed by atoms with E-state index >= 15 is 0 Å². The molecular formula is C18H22FN3O2. The van der Waals surface area contributed by atoms with Crippen LogP contribution in [0.5, 0.6) is 0 Å². The average molecular weight is 331 g/mol. The molecule has 0 fully saturated rings. The van der Waals surface area contributed by atoms with Crippen molar-refractivity contribution in [1.82, 2.24) is 15.2 Å². The van der Waals surface area contributed by atoms with Crippen LogP contribution in [0.15, 0.2) is 48.8 Å². The molecule has 0 aliphatic rings. The number of nitrogens with zero attached hydrogens (tertiary/aromatic N) is 2. The van der Waals surface area contributed by atoms with Crippen LogP contribution < -0.4 is 5.32 Å². The molecule has 0 aliphatic carbocycles. The van der Waals surface area contributed by atoms with E-state index in [4.69, 9.17) is 0 Å². The fourth-order valence-electron chi connectivity index (χ4n) is 2.40. The molecule has 0 saturated heterocycles. The van der Waals surface area contributed by atoms with E-state index in [1.165, 1.54) is 6.07 Å². The smallest absolute Gasteiger partial charge is 0.237 e. The number of rotatable bonds is 8. The Balaban J connectivity index is 1.96. The van der Waals surface area contributed by atoms with Crippen LogP contribution in [-0.2, 0) is 17.9 Å². The van der Waals surface area contributed by atoms with Crippen molar-refractivity contribution in [3.8, 4) is 0 Å². The molecule has 1 aromatic carbocycles. The van der Waals surface area contributed by atoms with Gasteiger partial charge in [-0.05, 0) is 24.6 Å². The zero-order chi connectivity index (χ0) is 17.4. The Labute approximate surface area is 141 Å². The van der Waals surface area contributed by atoms with Crippen LogP contribution in [0.4, 0.5) is 4.39 Å². The zero-order valence-corrected chi connectivity index (χ0v) is 13.7. The molecule has 0 radical (unpaired) electrons. The summed E-state index contributed by atoms with van der Waals surface area (Å²) in [6, 6.07) is 9.64. The minimum Gasteiger partial charge on any atom is -0.395 e. The summed E-state index contributed by atoms with van der Waals surface area (Å²) in [5, 5.41) is 12.0. The van der Waals surface area contributed by atoms with Gasteiger partial charge in [-0.25, -0.2) is 4.39 Å². The minimum atomic E-state index is -0.455. The van der Waals surface area contributed by atoms with Gasteiger partial charge in [-0.15, -0.1) is 0 Å². The summed E-state index contributed by atoms with van der Waals surface area (Å²) in [6.07, 6.45) is 3.42. The van der Waals surface area contributed by atoms with Crippen molar-refractivity contribution in [2.24, 2.45) is 0 Å². The fraction of sp³-hybridized carbons (Fsp3) is 0.333. The molecule has 1 heterocycles. The topological polar surface area (TPSA) is 65.5 Å². The maximum atomic E-state index is 13.6. The number of halogens is 1. The first-order chi connectivity index (χ1) is 11.6. The van der Waals surface area contributed by atoms with E-state index < -0.39 is 6.04 Å². The van der Waals surface area contributed by atoms with Crippen LogP contribution >= 0.6 is 0 Å². The van der Waals surface area contributed by atoms with Crippen LogP contribution in [0.2, 0.25) is 0 Å². The number of carbonyl (C=O) groups excluding carboxylic acids is 1. The standard InChI is InChI=1S/C18H22FN3O2/c1-14(18(24)21-12-16-6-2-3-7-17(16)19)22(9-10-23)13-15-5-4-8-20-11-15/h2-8,11,14,23H,9-10,12-13H2,1H3,(H,21,24). The molecular weight excluding hydrogens is 309 g/mol. The molecule has 5 nitrogen and oxygen atoms in total. The molecule has 0 spiro atoms. The van der Waals surface area contributed by atoms with Gasteiger partial charge in [-0.1, -0.05) is 24.3 Å². The predicted octanol–water partition coefficient (Wildman–Crippen LogP) is 1.72. The first-order valence-electron chi connectivity index (χ1n) is 7.86. The summed E-state index contributed by atoms with van der Waals surface area (Å²) in [5.74, 6) is -0.552. The van der Waals surface area contributed by atoms with Gasteiger partial charge in [0, 0.05) is 37.6 Å². The summed E-state index contributed by atoms with van der Waals surface area (Å²) in [6.45, 7) is 2.72. The van der Waals surface area contributed by atoms with Crippen molar-refractivity contribution >= 4 is 5.91 Å². The second-order valence-electron chi connectivity index (χ2n) is 5.54. The molecule has 2 rings (SSSR count). The lowest BCUT2D eigenvalue weighted by Gasteiger charge is -2.27. The van der Waals surface area contributed by atoms with E-state index in [-0.39, 0.29) is 24.9 Å². The normalized spacial score (nSPS) is 12.2. The van der Waals surface area contributed by atoms with E-state index in [9.17, 15) is 14.3 Å². The maximum absolute atomic E-state index is 13.6. The molecule has 128 valence electrons. The zero-order valence-electron chi connectivity index (χ0n) is 13.7. The van der Waals surface area contributed by atoms with E-state index in [0.717, 1.165) is 5.56 Å². The number of nitrogens with one attached hydrogen (secondary N) is 1. The monoisotopic (exact) mass is 331 g/mol. The number of amides is 1. The Bertz CT molecular complexity index is 652. The quantitative estimate of drug-likeness (QED) is 0.773. The molecule has 2 N–H and O–H groups in total. The predicted molar refractivity (Wildman–Crippen MR) is 89.4 cm³/mol. The van der Waals surface area contributed by atoms with Crippen LogP contribution in [0, 0.1) is 5.82 Å². The van der Waals surface area contributed by atoms with E-state index in [1.54, 1.807) is 37.5 Å². The highest BCUT2D eigenvalue weighted by Gasteiger charge is 2.21. The number of hydrogen-bond donors (Lipinski definition) is 2. The van der Waals surface area contributed by atoms with Crippen LogP contribution in [-0.4, -0.2) is 40.1 Å². The lowest BCUT2D eigenvalue weighted by atomic mass is 10.2. The molecule has 0 aliphatic heterocycles. The molecule has 0 saturated carbocycles. The molecule has 1 amide bonds. The molecule has 24 heavy (non-hydrogen) atoms. The second-order valence-corrected chi connectivity index (χ2v) is 5.54. The third-order valence-electron chi connectivity index (χ3n) is 3.83. The SMILES string of the molecule is CC(C(=O)NCc1ccccc1F)N(CCO)Cc1cccnc1. The van der Waals surface area contributed by atoms with Gasteiger partial charge in [0.25, 0.3) is 0 Å². The first kappa shape index (κ1) is 18.0. The minimum absolute atomic E-state index is 0.0504. The number of pyridine rings is 1. The maximum Gasteiger partial charge on any atom is 0.237 e. The van der Waals surface area contributed by atoms with Crippen LogP contribution in [0.1, 0.15) is 18.1 Å². The molecule has 1 atom stereocenters. The van der Waals surface area contributed by atoms with Crippen molar-refractivity contribution in [2.45, 2.75) is 26.1 Å². The summed E-state index contributed by atoms with van der Waals surface area (Å²) in [7, 11) is 0. The fourth-order valence-corrected chi connectivity index (χ4v) is 2.40. The van der Waals surface area contributed by atoms with Crippen LogP contribution in [0.25, 0.3) is 0 Å². The molecule has 0 bridgehead atoms. The summed E-state index contributed by atoms with van der Waals surface area (Å²) in [5.41, 5.74) is 1.40. The third kappa shape index (κ3) is 5.11. The molecule has 1 unspecified atom stereocenters. The second kappa shape index (κ2) is 9.10. The lowest BCUT2D eigenvalue weighted by molar-refractivity contribution is -0.126. The van der Waals surface area contributed by atoms with Crippen molar-refractivity contribution in [1.29, 1.82) is 0 Å². The first-order valence-corrected chi connectivity index (χ1v) is 7.86. The summed E-state index contributed by atoms with van der Waals surface area (Å²) >= 11 is 0. The molecule has 1 aromatic heterocycles. The van der Waals surface area contributed by atoms with Crippen molar-refractivity contribution in [3.63, 3.8) is 0 Å². The van der Waals surface area contributed by atoms with Gasteiger partial charge < -0.3 is 10.4 Å². The number of aliphatic hydroxyl groups excluding tert-OH is 1. The summed E-state index contributed by atoms with van der Waals surface area (Å²) < 4.78 is 13.6. The van der Waals surface area contributed by atoms with E-state index in [2.05, 4.69) is 10.3 Å². The van der Waals surface area contributed by atoms with E-state index in [0.29, 0.717) is 18.7 Å². The highest BCUT2D eigenvalue weighted by atomic mass is 19.1. The highest BCUT2D eigenvalue weighted by molar-refractivity contribution is 5.81. The summed E-state index contributed by atoms with van der Waals surface area (Å²) in [4.78, 5) is 18.3. The number of benzene rings is 1. The average Bonchev–Trinajstić information content (AvgIpc) is 2.60.